The zero-order valence-corrected chi connectivity index (χ0v) is 12.2. The molecule has 1 N–H and O–H groups in total. The molecule has 0 atom stereocenters. The lowest BCUT2D eigenvalue weighted by atomic mass is 10.1. The Morgan fingerprint density at radius 1 is 1.36 bits per heavy atom. The van der Waals surface area contributed by atoms with Gasteiger partial charge in [0.05, 0.1) is 13.2 Å². The number of esters is 1. The summed E-state index contributed by atoms with van der Waals surface area (Å²) in [5.41, 5.74) is 0.200. The van der Waals surface area contributed by atoms with Crippen LogP contribution in [0.25, 0.3) is 6.08 Å². The third-order valence-electron chi connectivity index (χ3n) is 3.32. The van der Waals surface area contributed by atoms with Crippen molar-refractivity contribution in [1.29, 1.82) is 0 Å². The molecule has 22 heavy (non-hydrogen) atoms. The molecule has 1 saturated heterocycles. The summed E-state index contributed by atoms with van der Waals surface area (Å²) in [5.74, 6) is -2.50. The van der Waals surface area contributed by atoms with Gasteiger partial charge < -0.3 is 14.6 Å². The summed E-state index contributed by atoms with van der Waals surface area (Å²) in [7, 11) is 0. The summed E-state index contributed by atoms with van der Waals surface area (Å²) in [6.07, 6.45) is 2.19. The molecule has 5 nitrogen and oxygen atoms in total. The van der Waals surface area contributed by atoms with Crippen molar-refractivity contribution < 1.29 is 28.6 Å². The number of carbonyl (C=O) groups excluding carboxylic acids is 2. The SMILES string of the molecule is CC(=O)C(=Cc1ccc(F)c(O)c1)C(=O)OC1CCOCC1. The summed E-state index contributed by atoms with van der Waals surface area (Å²) in [6, 6.07) is 3.56. The van der Waals surface area contributed by atoms with Gasteiger partial charge in [-0.25, -0.2) is 9.18 Å². The Kier molecular flexibility index (Phi) is 5.27. The maximum atomic E-state index is 13.0. The van der Waals surface area contributed by atoms with Crippen LogP contribution in [0.4, 0.5) is 4.39 Å². The highest BCUT2D eigenvalue weighted by Crippen LogP contribution is 2.20. The van der Waals surface area contributed by atoms with E-state index in [0.29, 0.717) is 31.6 Å². The molecule has 0 amide bonds. The van der Waals surface area contributed by atoms with Gasteiger partial charge in [-0.3, -0.25) is 4.79 Å². The summed E-state index contributed by atoms with van der Waals surface area (Å²) in [6.45, 7) is 2.28. The Morgan fingerprint density at radius 2 is 2.05 bits per heavy atom. The summed E-state index contributed by atoms with van der Waals surface area (Å²) < 4.78 is 23.5. The molecule has 0 saturated carbocycles. The number of hydrogen-bond acceptors (Lipinski definition) is 5. The standard InChI is InChI=1S/C16H17FO5/c1-10(18)13(8-11-2-3-14(17)15(19)9-11)16(20)22-12-4-6-21-7-5-12/h2-3,8-9,12,19H,4-7H2,1H3. The van der Waals surface area contributed by atoms with Gasteiger partial charge in [0.25, 0.3) is 0 Å². The molecule has 0 spiro atoms. The van der Waals surface area contributed by atoms with E-state index in [-0.39, 0.29) is 11.7 Å². The molecular formula is C16H17FO5. The number of phenolic OH excluding ortho intramolecular Hbond substituents is 1. The van der Waals surface area contributed by atoms with Crippen molar-refractivity contribution in [3.05, 3.63) is 35.2 Å². The fourth-order valence-corrected chi connectivity index (χ4v) is 2.10. The lowest BCUT2D eigenvalue weighted by Crippen LogP contribution is -2.27. The van der Waals surface area contributed by atoms with Crippen molar-refractivity contribution in [2.24, 2.45) is 0 Å². The van der Waals surface area contributed by atoms with Gasteiger partial charge >= 0.3 is 5.97 Å². The first-order valence-electron chi connectivity index (χ1n) is 6.97. The topological polar surface area (TPSA) is 72.8 Å². The maximum absolute atomic E-state index is 13.0. The van der Waals surface area contributed by atoms with Crippen LogP contribution in [0.3, 0.4) is 0 Å². The van der Waals surface area contributed by atoms with Crippen molar-refractivity contribution in [3.8, 4) is 5.75 Å². The predicted octanol–water partition coefficient (Wildman–Crippen LogP) is 2.23. The minimum Gasteiger partial charge on any atom is -0.505 e. The van der Waals surface area contributed by atoms with E-state index < -0.39 is 23.3 Å². The first-order chi connectivity index (χ1) is 10.5. The number of hydrogen-bond donors (Lipinski definition) is 1. The largest absolute Gasteiger partial charge is 0.505 e. The van der Waals surface area contributed by atoms with Gasteiger partial charge in [0, 0.05) is 12.8 Å². The van der Waals surface area contributed by atoms with Crippen LogP contribution in [0, 0.1) is 5.82 Å². The van der Waals surface area contributed by atoms with Crippen LogP contribution in [0.15, 0.2) is 23.8 Å². The number of carbonyl (C=O) groups is 2. The monoisotopic (exact) mass is 308 g/mol. The highest BCUT2D eigenvalue weighted by atomic mass is 19.1. The number of ketones is 1. The maximum Gasteiger partial charge on any atom is 0.342 e. The van der Waals surface area contributed by atoms with Crippen molar-refractivity contribution in [1.82, 2.24) is 0 Å². The van der Waals surface area contributed by atoms with E-state index in [1.165, 1.54) is 19.1 Å². The van der Waals surface area contributed by atoms with E-state index in [0.717, 1.165) is 12.1 Å². The molecule has 0 bridgehead atoms. The van der Waals surface area contributed by atoms with E-state index in [1.54, 1.807) is 0 Å². The van der Waals surface area contributed by atoms with Crippen molar-refractivity contribution in [2.45, 2.75) is 25.9 Å². The normalized spacial score (nSPS) is 16.4. The van der Waals surface area contributed by atoms with Crippen LogP contribution >= 0.6 is 0 Å². The number of rotatable bonds is 4. The molecule has 6 heteroatoms. The van der Waals surface area contributed by atoms with Gasteiger partial charge in [-0.2, -0.15) is 0 Å². The number of benzene rings is 1. The third kappa shape index (κ3) is 4.14. The number of ether oxygens (including phenoxy) is 2. The minimum atomic E-state index is -0.772. The second-order valence-electron chi connectivity index (χ2n) is 5.04. The molecule has 0 aliphatic carbocycles. The Hall–Kier alpha value is -2.21. The fraction of sp³-hybridized carbons (Fsp3) is 0.375. The molecule has 0 radical (unpaired) electrons. The van der Waals surface area contributed by atoms with Crippen LogP contribution in [0.2, 0.25) is 0 Å². The number of phenols is 1. The molecule has 1 aromatic rings. The molecule has 0 unspecified atom stereocenters. The van der Waals surface area contributed by atoms with E-state index >= 15 is 0 Å². The number of halogens is 1. The zero-order chi connectivity index (χ0) is 16.1. The molecule has 0 aromatic heterocycles. The highest BCUT2D eigenvalue weighted by Gasteiger charge is 2.22. The summed E-state index contributed by atoms with van der Waals surface area (Å²) >= 11 is 0. The molecule has 2 rings (SSSR count). The van der Waals surface area contributed by atoms with E-state index in [2.05, 4.69) is 0 Å². The second-order valence-corrected chi connectivity index (χ2v) is 5.04. The van der Waals surface area contributed by atoms with Crippen molar-refractivity contribution >= 4 is 17.8 Å². The Bertz CT molecular complexity index is 603. The van der Waals surface area contributed by atoms with Gasteiger partial charge in [0.2, 0.25) is 0 Å². The average Bonchev–Trinajstić information content (AvgIpc) is 2.49. The quantitative estimate of drug-likeness (QED) is 0.400. The van der Waals surface area contributed by atoms with E-state index in [1.807, 2.05) is 0 Å². The minimum absolute atomic E-state index is 0.141. The lowest BCUT2D eigenvalue weighted by Gasteiger charge is -2.22. The summed E-state index contributed by atoms with van der Waals surface area (Å²) in [5, 5.41) is 9.33. The van der Waals surface area contributed by atoms with Crippen LogP contribution in [0.5, 0.6) is 5.75 Å². The second kappa shape index (κ2) is 7.17. The Morgan fingerprint density at radius 3 is 2.64 bits per heavy atom. The first-order valence-corrected chi connectivity index (χ1v) is 6.97. The molecule has 118 valence electrons. The highest BCUT2D eigenvalue weighted by molar-refractivity contribution is 6.19. The molecule has 1 aromatic carbocycles. The number of aromatic hydroxyl groups is 1. The van der Waals surface area contributed by atoms with Gasteiger partial charge in [0.1, 0.15) is 11.7 Å². The lowest BCUT2D eigenvalue weighted by molar-refractivity contribution is -0.149. The molecule has 1 aliphatic rings. The molecule has 1 aliphatic heterocycles. The van der Waals surface area contributed by atoms with Gasteiger partial charge in [-0.15, -0.1) is 0 Å². The van der Waals surface area contributed by atoms with Gasteiger partial charge in [0.15, 0.2) is 17.3 Å². The first kappa shape index (κ1) is 16.2. The third-order valence-corrected chi connectivity index (χ3v) is 3.32. The van der Waals surface area contributed by atoms with Crippen LogP contribution in [-0.4, -0.2) is 36.2 Å². The van der Waals surface area contributed by atoms with Crippen molar-refractivity contribution in [3.63, 3.8) is 0 Å². The zero-order valence-electron chi connectivity index (χ0n) is 12.2. The molecular weight excluding hydrogens is 291 g/mol. The van der Waals surface area contributed by atoms with Gasteiger partial charge in [-0.1, -0.05) is 6.07 Å². The molecule has 1 heterocycles. The van der Waals surface area contributed by atoms with E-state index in [4.69, 9.17) is 9.47 Å². The number of Topliss-reactive ketones (excluding diaryl/α,β-unsaturated/α-hetero) is 1. The van der Waals surface area contributed by atoms with Crippen LogP contribution in [-0.2, 0) is 19.1 Å². The van der Waals surface area contributed by atoms with Crippen LogP contribution < -0.4 is 0 Å². The van der Waals surface area contributed by atoms with Crippen LogP contribution in [0.1, 0.15) is 25.3 Å². The Labute approximate surface area is 127 Å². The predicted molar refractivity (Wildman–Crippen MR) is 76.7 cm³/mol. The fourth-order valence-electron chi connectivity index (χ4n) is 2.10. The smallest absolute Gasteiger partial charge is 0.342 e. The summed E-state index contributed by atoms with van der Waals surface area (Å²) in [4.78, 5) is 23.8. The Balaban J connectivity index is 2.17. The average molecular weight is 308 g/mol. The molecule has 1 fully saturated rings. The van der Waals surface area contributed by atoms with Gasteiger partial charge in [-0.05, 0) is 30.7 Å². The van der Waals surface area contributed by atoms with Crippen molar-refractivity contribution in [2.75, 3.05) is 13.2 Å². The van der Waals surface area contributed by atoms with E-state index in [9.17, 15) is 19.1 Å².